The minimum atomic E-state index is 0.222. The van der Waals surface area contributed by atoms with E-state index in [1.807, 2.05) is 36.0 Å². The molecule has 1 aliphatic heterocycles. The molecule has 124 valence electrons. The van der Waals surface area contributed by atoms with Gasteiger partial charge in [0.15, 0.2) is 0 Å². The van der Waals surface area contributed by atoms with Crippen LogP contribution in [0.25, 0.3) is 0 Å². The van der Waals surface area contributed by atoms with E-state index in [0.29, 0.717) is 12.6 Å². The van der Waals surface area contributed by atoms with E-state index in [4.69, 9.17) is 0 Å². The molecule has 1 saturated heterocycles. The van der Waals surface area contributed by atoms with Gasteiger partial charge in [0.1, 0.15) is 5.82 Å². The van der Waals surface area contributed by atoms with Crippen molar-refractivity contribution in [1.29, 1.82) is 0 Å². The lowest BCUT2D eigenvalue weighted by atomic mass is 10.2. The van der Waals surface area contributed by atoms with Gasteiger partial charge in [0, 0.05) is 58.6 Å². The van der Waals surface area contributed by atoms with Crippen LogP contribution in [0.5, 0.6) is 0 Å². The van der Waals surface area contributed by atoms with Crippen LogP contribution < -0.4 is 0 Å². The summed E-state index contributed by atoms with van der Waals surface area (Å²) in [5.74, 6) is 1.30. The third-order valence-electron chi connectivity index (χ3n) is 4.58. The van der Waals surface area contributed by atoms with Gasteiger partial charge in [-0.25, -0.2) is 4.98 Å². The van der Waals surface area contributed by atoms with Crippen LogP contribution in [0.4, 0.5) is 0 Å². The summed E-state index contributed by atoms with van der Waals surface area (Å²) in [6, 6.07) is 0.585. The quantitative estimate of drug-likeness (QED) is 0.733. The molecular weight excluding hydrogens is 278 g/mol. The maximum absolute atomic E-state index is 12.3. The molecule has 0 spiro atoms. The molecule has 6 heteroatoms. The normalized spacial score (nSPS) is 19.0. The number of rotatable bonds is 7. The number of likely N-dealkylation sites (N-methyl/N-ethyl adjacent to an activating group) is 2. The number of nitrogens with zero attached hydrogens (tertiary/aromatic N) is 5. The average molecular weight is 307 g/mol. The Morgan fingerprint density at radius 2 is 2.18 bits per heavy atom. The second-order valence-corrected chi connectivity index (χ2v) is 6.51. The van der Waals surface area contributed by atoms with Crippen LogP contribution in [0, 0.1) is 0 Å². The number of amides is 1. The molecule has 0 N–H and O–H groups in total. The second kappa shape index (κ2) is 7.74. The number of carbonyl (C=O) groups excluding carboxylic acids is 1. The zero-order valence-corrected chi connectivity index (χ0v) is 14.3. The van der Waals surface area contributed by atoms with Crippen LogP contribution in [0.1, 0.15) is 18.7 Å². The Kier molecular flexibility index (Phi) is 5.97. The molecule has 6 nitrogen and oxygen atoms in total. The van der Waals surface area contributed by atoms with Crippen molar-refractivity contribution in [2.75, 3.05) is 47.3 Å². The predicted molar refractivity (Wildman–Crippen MR) is 87.7 cm³/mol. The summed E-state index contributed by atoms with van der Waals surface area (Å²) in [7, 11) is 8.13. The molecule has 1 atom stereocenters. The van der Waals surface area contributed by atoms with E-state index in [0.717, 1.165) is 44.7 Å². The lowest BCUT2D eigenvalue weighted by molar-refractivity contribution is -0.130. The van der Waals surface area contributed by atoms with E-state index < -0.39 is 0 Å². The van der Waals surface area contributed by atoms with Crippen LogP contribution in [0.2, 0.25) is 0 Å². The highest BCUT2D eigenvalue weighted by atomic mass is 16.2. The molecule has 2 heterocycles. The smallest absolute Gasteiger partial charge is 0.236 e. The van der Waals surface area contributed by atoms with Crippen LogP contribution >= 0.6 is 0 Å². The van der Waals surface area contributed by atoms with Gasteiger partial charge in [-0.3, -0.25) is 9.69 Å². The number of likely N-dealkylation sites (tertiary alicyclic amines) is 1. The van der Waals surface area contributed by atoms with Crippen LogP contribution in [-0.4, -0.2) is 83.5 Å². The van der Waals surface area contributed by atoms with Crippen molar-refractivity contribution in [1.82, 2.24) is 24.3 Å². The van der Waals surface area contributed by atoms with Gasteiger partial charge in [-0.1, -0.05) is 0 Å². The molecule has 1 amide bonds. The highest BCUT2D eigenvalue weighted by molar-refractivity contribution is 5.78. The standard InChI is InChI=1S/C16H29N5O/c1-18(2)14-7-10-21(12-14)13-16(22)20(4)9-5-6-15-17-8-11-19(15)3/h8,11,14H,5-7,9-10,12-13H2,1-4H3. The number of carbonyl (C=O) groups is 1. The van der Waals surface area contributed by atoms with E-state index in [-0.39, 0.29) is 5.91 Å². The number of aryl methyl sites for hydroxylation is 2. The molecule has 22 heavy (non-hydrogen) atoms. The van der Waals surface area contributed by atoms with Gasteiger partial charge in [-0.2, -0.15) is 0 Å². The van der Waals surface area contributed by atoms with Gasteiger partial charge in [0.25, 0.3) is 0 Å². The molecule has 1 aromatic rings. The molecule has 1 aromatic heterocycles. The van der Waals surface area contributed by atoms with E-state index in [1.54, 1.807) is 0 Å². The second-order valence-electron chi connectivity index (χ2n) is 6.51. The fraction of sp³-hybridized carbons (Fsp3) is 0.750. The zero-order valence-electron chi connectivity index (χ0n) is 14.3. The van der Waals surface area contributed by atoms with Gasteiger partial charge >= 0.3 is 0 Å². The molecule has 0 bridgehead atoms. The fourth-order valence-electron chi connectivity index (χ4n) is 2.93. The Morgan fingerprint density at radius 3 is 2.77 bits per heavy atom. The van der Waals surface area contributed by atoms with Gasteiger partial charge in [-0.05, 0) is 26.9 Å². The Bertz CT molecular complexity index is 485. The minimum Gasteiger partial charge on any atom is -0.345 e. The lowest BCUT2D eigenvalue weighted by Gasteiger charge is -2.23. The monoisotopic (exact) mass is 307 g/mol. The van der Waals surface area contributed by atoms with Crippen molar-refractivity contribution in [2.45, 2.75) is 25.3 Å². The number of hydrogen-bond donors (Lipinski definition) is 0. The summed E-state index contributed by atoms with van der Waals surface area (Å²) >= 11 is 0. The zero-order chi connectivity index (χ0) is 16.1. The van der Waals surface area contributed by atoms with Crippen molar-refractivity contribution in [3.8, 4) is 0 Å². The largest absolute Gasteiger partial charge is 0.345 e. The van der Waals surface area contributed by atoms with Crippen LogP contribution in [0.15, 0.2) is 12.4 Å². The molecule has 1 aliphatic rings. The third kappa shape index (κ3) is 4.55. The van der Waals surface area contributed by atoms with E-state index >= 15 is 0 Å². The van der Waals surface area contributed by atoms with Crippen LogP contribution in [0.3, 0.4) is 0 Å². The molecule has 0 aliphatic carbocycles. The number of aromatic nitrogens is 2. The van der Waals surface area contributed by atoms with Crippen molar-refractivity contribution < 1.29 is 4.79 Å². The molecule has 0 radical (unpaired) electrons. The van der Waals surface area contributed by atoms with E-state index in [9.17, 15) is 4.79 Å². The summed E-state index contributed by atoms with van der Waals surface area (Å²) in [4.78, 5) is 23.0. The molecule has 1 unspecified atom stereocenters. The van der Waals surface area contributed by atoms with Crippen molar-refractivity contribution in [3.05, 3.63) is 18.2 Å². The highest BCUT2D eigenvalue weighted by Crippen LogP contribution is 2.13. The summed E-state index contributed by atoms with van der Waals surface area (Å²) in [6.45, 7) is 3.36. The molecule has 2 rings (SSSR count). The maximum atomic E-state index is 12.3. The first-order chi connectivity index (χ1) is 10.5. The molecular formula is C16H29N5O. The van der Waals surface area contributed by atoms with E-state index in [1.165, 1.54) is 0 Å². The van der Waals surface area contributed by atoms with Crippen molar-refractivity contribution >= 4 is 5.91 Å². The Labute approximate surface area is 133 Å². The summed E-state index contributed by atoms with van der Waals surface area (Å²) < 4.78 is 2.04. The number of hydrogen-bond acceptors (Lipinski definition) is 4. The van der Waals surface area contributed by atoms with Crippen molar-refractivity contribution in [2.24, 2.45) is 7.05 Å². The van der Waals surface area contributed by atoms with Gasteiger partial charge < -0.3 is 14.4 Å². The first-order valence-electron chi connectivity index (χ1n) is 8.06. The Morgan fingerprint density at radius 1 is 1.41 bits per heavy atom. The first-order valence-corrected chi connectivity index (χ1v) is 8.06. The maximum Gasteiger partial charge on any atom is 0.236 e. The van der Waals surface area contributed by atoms with E-state index in [2.05, 4.69) is 28.9 Å². The fourth-order valence-corrected chi connectivity index (χ4v) is 2.93. The SMILES string of the molecule is CN(CCCc1nccn1C)C(=O)CN1CCC(N(C)C)C1. The molecule has 0 saturated carbocycles. The topological polar surface area (TPSA) is 44.6 Å². The highest BCUT2D eigenvalue weighted by Gasteiger charge is 2.25. The van der Waals surface area contributed by atoms with Gasteiger partial charge in [-0.15, -0.1) is 0 Å². The molecule has 1 fully saturated rings. The summed E-state index contributed by atoms with van der Waals surface area (Å²) in [5, 5.41) is 0. The Hall–Kier alpha value is -1.40. The third-order valence-corrected chi connectivity index (χ3v) is 4.58. The lowest BCUT2D eigenvalue weighted by Crippen LogP contribution is -2.39. The van der Waals surface area contributed by atoms with Crippen LogP contribution in [-0.2, 0) is 18.3 Å². The minimum absolute atomic E-state index is 0.222. The average Bonchev–Trinajstić information content (AvgIpc) is 3.08. The van der Waals surface area contributed by atoms with Gasteiger partial charge in [0.2, 0.25) is 5.91 Å². The summed E-state index contributed by atoms with van der Waals surface area (Å²) in [5.41, 5.74) is 0. The first kappa shape index (κ1) is 17.0. The van der Waals surface area contributed by atoms with Crippen molar-refractivity contribution in [3.63, 3.8) is 0 Å². The number of imidazole rings is 1. The van der Waals surface area contributed by atoms with Gasteiger partial charge in [0.05, 0.1) is 6.54 Å². The summed E-state index contributed by atoms with van der Waals surface area (Å²) in [6.07, 6.45) is 6.79. The predicted octanol–water partition coefficient (Wildman–Crippen LogP) is 0.447. The molecule has 0 aromatic carbocycles. The Balaban J connectivity index is 1.68.